The number of hydrogen-bond acceptors (Lipinski definition) is 5. The van der Waals surface area contributed by atoms with Crippen LogP contribution in [0.4, 0.5) is 0 Å². The third kappa shape index (κ3) is 5.32. The lowest BCUT2D eigenvalue weighted by Crippen LogP contribution is -2.53. The van der Waals surface area contributed by atoms with E-state index in [4.69, 9.17) is 28.6 Å². The monoisotopic (exact) mass is 529 g/mol. The molecule has 3 aromatic carbocycles. The number of carbonyl (C=O) groups excluding carboxylic acids is 1. The van der Waals surface area contributed by atoms with E-state index in [1.807, 2.05) is 42.5 Å². The van der Waals surface area contributed by atoms with Gasteiger partial charge in [0.25, 0.3) is 10.0 Å². The van der Waals surface area contributed by atoms with E-state index in [9.17, 15) is 13.2 Å². The molecule has 0 saturated heterocycles. The molecule has 0 radical (unpaired) electrons. The van der Waals surface area contributed by atoms with Crippen molar-refractivity contribution in [1.29, 1.82) is 5.41 Å². The van der Waals surface area contributed by atoms with Gasteiger partial charge in [-0.05, 0) is 47.5 Å². The highest BCUT2D eigenvalue weighted by atomic mass is 35.5. The van der Waals surface area contributed by atoms with Crippen molar-refractivity contribution < 1.29 is 13.2 Å². The van der Waals surface area contributed by atoms with Gasteiger partial charge in [-0.15, -0.1) is 4.41 Å². The zero-order valence-corrected chi connectivity index (χ0v) is 20.8. The van der Waals surface area contributed by atoms with Gasteiger partial charge in [0, 0.05) is 22.9 Å². The van der Waals surface area contributed by atoms with Crippen LogP contribution in [0.25, 0.3) is 0 Å². The van der Waals surface area contributed by atoms with Crippen molar-refractivity contribution in [3.63, 3.8) is 0 Å². The minimum atomic E-state index is -4.33. The first kappa shape index (κ1) is 24.7. The molecule has 180 valence electrons. The minimum absolute atomic E-state index is 0.138. The second kappa shape index (κ2) is 10.1. The first-order chi connectivity index (χ1) is 16.7. The van der Waals surface area contributed by atoms with Gasteiger partial charge < -0.3 is 0 Å². The van der Waals surface area contributed by atoms with Crippen molar-refractivity contribution in [3.8, 4) is 0 Å². The molecule has 4 rings (SSSR count). The molecule has 1 aliphatic heterocycles. The number of halogens is 2. The summed E-state index contributed by atoms with van der Waals surface area (Å²) in [4.78, 5) is 11.8. The van der Waals surface area contributed by atoms with Crippen LogP contribution in [0.15, 0.2) is 88.9 Å². The number of nitrogens with one attached hydrogen (secondary N) is 2. The third-order valence-electron chi connectivity index (χ3n) is 5.30. The van der Waals surface area contributed by atoms with Crippen LogP contribution in [0.5, 0.6) is 0 Å². The van der Waals surface area contributed by atoms with Crippen LogP contribution in [0.1, 0.15) is 24.0 Å². The number of hydrogen-bond donors (Lipinski definition) is 2. The molecule has 0 saturated carbocycles. The van der Waals surface area contributed by atoms with Gasteiger partial charge >= 0.3 is 0 Å². The highest BCUT2D eigenvalue weighted by Gasteiger charge is 2.37. The number of carbonyl (C=O) groups is 1. The summed E-state index contributed by atoms with van der Waals surface area (Å²) < 4.78 is 27.2. The summed E-state index contributed by atoms with van der Waals surface area (Å²) in [6.07, 6.45) is 0. The number of rotatable bonds is 4. The predicted molar refractivity (Wildman–Crippen MR) is 136 cm³/mol. The number of sulfonamides is 1. The first-order valence-corrected chi connectivity index (χ1v) is 12.7. The van der Waals surface area contributed by atoms with Crippen LogP contribution in [-0.4, -0.2) is 42.0 Å². The van der Waals surface area contributed by atoms with Crippen molar-refractivity contribution in [1.82, 2.24) is 14.8 Å². The van der Waals surface area contributed by atoms with Crippen molar-refractivity contribution in [2.24, 2.45) is 5.10 Å². The Kier molecular flexibility index (Phi) is 7.11. The summed E-state index contributed by atoms with van der Waals surface area (Å²) >= 11 is 11.9. The largest absolute Gasteiger partial charge is 0.284 e. The number of hydrazine groups is 1. The first-order valence-electron chi connectivity index (χ1n) is 10.5. The van der Waals surface area contributed by atoms with Gasteiger partial charge in [-0.25, -0.2) is 5.01 Å². The molecule has 1 amide bonds. The van der Waals surface area contributed by atoms with E-state index < -0.39 is 21.9 Å². The van der Waals surface area contributed by atoms with E-state index in [0.29, 0.717) is 20.2 Å². The molecule has 1 atom stereocenters. The van der Waals surface area contributed by atoms with E-state index >= 15 is 0 Å². The molecule has 0 bridgehead atoms. The van der Waals surface area contributed by atoms with Crippen molar-refractivity contribution in [3.05, 3.63) is 100 Å². The Morgan fingerprint density at radius 2 is 1.57 bits per heavy atom. The molecule has 11 heteroatoms. The van der Waals surface area contributed by atoms with Gasteiger partial charge in [0.2, 0.25) is 11.9 Å². The Hall–Kier alpha value is -3.40. The number of guanidine groups is 1. The van der Waals surface area contributed by atoms with Crippen molar-refractivity contribution in [2.75, 3.05) is 6.54 Å². The van der Waals surface area contributed by atoms with Gasteiger partial charge in [-0.3, -0.25) is 15.6 Å². The van der Waals surface area contributed by atoms with Crippen LogP contribution in [-0.2, 0) is 14.8 Å². The Morgan fingerprint density at radius 3 is 2.14 bits per heavy atom. The normalized spacial score (nSPS) is 15.5. The second-order valence-corrected chi connectivity index (χ2v) is 10.4. The molecular weight excluding hydrogens is 509 g/mol. The molecule has 2 N–H and O–H groups in total. The van der Waals surface area contributed by atoms with Crippen LogP contribution >= 0.6 is 23.2 Å². The lowest BCUT2D eigenvalue weighted by Gasteiger charge is -2.28. The predicted octanol–water partition coefficient (Wildman–Crippen LogP) is 4.47. The molecular formula is C24H21Cl2N5O3S. The quantitative estimate of drug-likeness (QED) is 0.295. The van der Waals surface area contributed by atoms with Crippen LogP contribution in [0.2, 0.25) is 10.0 Å². The van der Waals surface area contributed by atoms with E-state index in [1.165, 1.54) is 29.3 Å². The van der Waals surface area contributed by atoms with Crippen LogP contribution in [0, 0.1) is 5.41 Å². The summed E-state index contributed by atoms with van der Waals surface area (Å²) in [5.74, 6) is -1.44. The van der Waals surface area contributed by atoms with Crippen molar-refractivity contribution in [2.45, 2.75) is 17.7 Å². The summed E-state index contributed by atoms with van der Waals surface area (Å²) in [6, 6.07) is 22.2. The minimum Gasteiger partial charge on any atom is -0.274 e. The Balaban J connectivity index is 1.74. The molecule has 0 spiro atoms. The molecule has 0 fully saturated rings. The van der Waals surface area contributed by atoms with Gasteiger partial charge in [0.1, 0.15) is 0 Å². The Bertz CT molecular complexity index is 1380. The molecule has 3 aromatic rings. The summed E-state index contributed by atoms with van der Waals surface area (Å²) in [7, 11) is -4.33. The SMILES string of the molecule is CC(=O)NN(C(=N)N1CC(c2ccccc2)C(c2ccc(Cl)cc2)=N1)S(=O)(=O)c1ccc(Cl)cc1. The maximum Gasteiger partial charge on any atom is 0.284 e. The molecule has 1 unspecified atom stereocenters. The van der Waals surface area contributed by atoms with E-state index in [-0.39, 0.29) is 17.4 Å². The summed E-state index contributed by atoms with van der Waals surface area (Å²) in [5.41, 5.74) is 4.62. The lowest BCUT2D eigenvalue weighted by molar-refractivity contribution is -0.121. The van der Waals surface area contributed by atoms with E-state index in [2.05, 4.69) is 10.5 Å². The lowest BCUT2D eigenvalue weighted by atomic mass is 9.91. The van der Waals surface area contributed by atoms with Crippen molar-refractivity contribution >= 4 is 50.8 Å². The molecule has 35 heavy (non-hydrogen) atoms. The fraction of sp³-hybridized carbons (Fsp3) is 0.125. The summed E-state index contributed by atoms with van der Waals surface area (Å²) in [6.45, 7) is 1.35. The second-order valence-electron chi connectivity index (χ2n) is 7.75. The van der Waals surface area contributed by atoms with Gasteiger partial charge in [0.15, 0.2) is 0 Å². The average molecular weight is 530 g/mol. The fourth-order valence-electron chi connectivity index (χ4n) is 3.65. The third-order valence-corrected chi connectivity index (χ3v) is 7.42. The van der Waals surface area contributed by atoms with Crippen LogP contribution < -0.4 is 5.43 Å². The summed E-state index contributed by atoms with van der Waals surface area (Å²) in [5, 5.41) is 15.5. The van der Waals surface area contributed by atoms with Crippen LogP contribution in [0.3, 0.4) is 0 Å². The van der Waals surface area contributed by atoms with E-state index in [0.717, 1.165) is 18.1 Å². The molecule has 1 heterocycles. The Labute approximate surface area is 213 Å². The molecule has 0 aliphatic carbocycles. The average Bonchev–Trinajstić information content (AvgIpc) is 3.29. The van der Waals surface area contributed by atoms with Gasteiger partial charge in [-0.2, -0.15) is 13.5 Å². The maximum atomic E-state index is 13.4. The number of amides is 1. The zero-order chi connectivity index (χ0) is 25.2. The standard InChI is InChI=1S/C24H21Cl2N5O3S/c1-16(32)28-31(35(33,34)21-13-11-20(26)12-14-21)24(27)30-15-22(17-5-3-2-4-6-17)23(29-30)18-7-9-19(25)10-8-18/h2-14,22,27H,15H2,1H3,(H,28,32). The molecule has 8 nitrogen and oxygen atoms in total. The number of benzene rings is 3. The maximum absolute atomic E-state index is 13.4. The Morgan fingerprint density at radius 1 is 1.00 bits per heavy atom. The van der Waals surface area contributed by atoms with E-state index in [1.54, 1.807) is 12.1 Å². The number of nitrogens with zero attached hydrogens (tertiary/aromatic N) is 3. The van der Waals surface area contributed by atoms with Gasteiger partial charge in [-0.1, -0.05) is 65.7 Å². The molecule has 1 aliphatic rings. The zero-order valence-electron chi connectivity index (χ0n) is 18.5. The smallest absolute Gasteiger partial charge is 0.274 e. The van der Waals surface area contributed by atoms with Gasteiger partial charge in [0.05, 0.1) is 17.2 Å². The highest BCUT2D eigenvalue weighted by molar-refractivity contribution is 7.89. The fourth-order valence-corrected chi connectivity index (χ4v) is 5.16. The number of hydrazone groups is 1. The molecule has 0 aromatic heterocycles. The highest BCUT2D eigenvalue weighted by Crippen LogP contribution is 2.30. The topological polar surface area (TPSA) is 106 Å².